The zero-order chi connectivity index (χ0) is 31.3. The fraction of sp³-hybridized carbons (Fsp3) is 0.379. The standard InChI is InChI=1S/C29H32N6O8/c1-34(2)23-16-8-12-7-15-14(13-9-31-29(32-10-13)33-18(37)11-35(3)43-4)5-6-17(36)20(15)24(38)19(12)25(39)21(16)26(40)22(27(23)41)28(30)42/h5-6,9-10,12,16,21,23,36,38,41H,7-8,11H2,1-4H3,(H2,30,42)(H,31,32,33,37)/t12?,16?,21?,23-/m1/s1. The molecule has 1 aromatic heterocycles. The summed E-state index contributed by atoms with van der Waals surface area (Å²) in [6.07, 6.45) is 3.43. The third kappa shape index (κ3) is 5.02. The van der Waals surface area contributed by atoms with Crippen molar-refractivity contribution in [3.05, 3.63) is 52.6 Å². The number of anilines is 1. The van der Waals surface area contributed by atoms with E-state index in [9.17, 15) is 34.5 Å². The first-order valence-electron chi connectivity index (χ1n) is 13.5. The summed E-state index contributed by atoms with van der Waals surface area (Å²) in [7, 11) is 6.35. The van der Waals surface area contributed by atoms with Crippen LogP contribution in [0.2, 0.25) is 0 Å². The number of carbonyl (C=O) groups is 4. The Kier molecular flexibility index (Phi) is 7.77. The molecule has 5 rings (SSSR count). The zero-order valence-electron chi connectivity index (χ0n) is 24.0. The number of ketones is 2. The average Bonchev–Trinajstić information content (AvgIpc) is 2.92. The van der Waals surface area contributed by atoms with E-state index >= 15 is 0 Å². The van der Waals surface area contributed by atoms with Gasteiger partial charge in [0.25, 0.3) is 5.91 Å². The summed E-state index contributed by atoms with van der Waals surface area (Å²) in [5, 5.41) is 37.0. The van der Waals surface area contributed by atoms with Crippen molar-refractivity contribution < 1.29 is 39.3 Å². The highest BCUT2D eigenvalue weighted by Gasteiger charge is 2.55. The van der Waals surface area contributed by atoms with Crippen molar-refractivity contribution in [2.24, 2.45) is 23.5 Å². The number of amides is 2. The molecule has 1 aromatic carbocycles. The van der Waals surface area contributed by atoms with Crippen molar-refractivity contribution in [3.8, 4) is 16.9 Å². The number of aromatic nitrogens is 2. The number of aliphatic hydroxyl groups excluding tert-OH is 2. The number of likely N-dealkylation sites (N-methyl/N-ethyl adjacent to an activating group) is 2. The molecule has 6 N–H and O–H groups in total. The van der Waals surface area contributed by atoms with Gasteiger partial charge in [-0.3, -0.25) is 29.4 Å². The first kappa shape index (κ1) is 29.8. The van der Waals surface area contributed by atoms with Crippen molar-refractivity contribution in [1.29, 1.82) is 0 Å². The third-order valence-electron chi connectivity index (χ3n) is 8.34. The fourth-order valence-corrected chi connectivity index (χ4v) is 6.50. The van der Waals surface area contributed by atoms with Gasteiger partial charge in [0.2, 0.25) is 11.9 Å². The molecule has 0 radical (unpaired) electrons. The lowest BCUT2D eigenvalue weighted by Crippen LogP contribution is -2.55. The highest BCUT2D eigenvalue weighted by molar-refractivity contribution is 6.28. The maximum absolute atomic E-state index is 13.9. The molecular formula is C29H32N6O8. The van der Waals surface area contributed by atoms with Gasteiger partial charge in [0, 0.05) is 30.6 Å². The number of hydrogen-bond acceptors (Lipinski definition) is 12. The van der Waals surface area contributed by atoms with Crippen molar-refractivity contribution in [3.63, 3.8) is 0 Å². The van der Waals surface area contributed by atoms with Crippen LogP contribution in [0.5, 0.6) is 5.75 Å². The molecule has 0 spiro atoms. The van der Waals surface area contributed by atoms with Gasteiger partial charge in [-0.15, -0.1) is 0 Å². The second kappa shape index (κ2) is 11.2. The lowest BCUT2D eigenvalue weighted by atomic mass is 9.59. The number of phenolic OH excluding ortho intramolecular Hbond substituents is 1. The molecule has 0 saturated heterocycles. The van der Waals surface area contributed by atoms with Gasteiger partial charge in [-0.2, -0.15) is 5.06 Å². The first-order chi connectivity index (χ1) is 20.3. The largest absolute Gasteiger partial charge is 0.510 e. The number of rotatable bonds is 7. The van der Waals surface area contributed by atoms with E-state index in [2.05, 4.69) is 15.3 Å². The number of nitrogens with two attached hydrogens (primary N) is 1. The quantitative estimate of drug-likeness (QED) is 0.171. The molecule has 3 aliphatic carbocycles. The Balaban J connectivity index is 1.53. The van der Waals surface area contributed by atoms with Gasteiger partial charge < -0.3 is 25.9 Å². The molecule has 2 aromatic rings. The van der Waals surface area contributed by atoms with E-state index in [1.165, 1.54) is 30.6 Å². The predicted octanol–water partition coefficient (Wildman–Crippen LogP) is 0.738. The van der Waals surface area contributed by atoms with E-state index in [0.29, 0.717) is 16.7 Å². The number of hydrogen-bond donors (Lipinski definition) is 5. The Bertz CT molecular complexity index is 1600. The lowest BCUT2D eigenvalue weighted by Gasteiger charge is -2.46. The minimum absolute atomic E-state index is 0.00685. The molecule has 0 bridgehead atoms. The molecule has 1 saturated carbocycles. The van der Waals surface area contributed by atoms with Gasteiger partial charge in [0.1, 0.15) is 29.4 Å². The summed E-state index contributed by atoms with van der Waals surface area (Å²) in [5.74, 6) is -6.75. The van der Waals surface area contributed by atoms with Gasteiger partial charge in [-0.05, 0) is 56.0 Å². The van der Waals surface area contributed by atoms with Gasteiger partial charge in [0.05, 0.1) is 24.6 Å². The Labute approximate surface area is 246 Å². The second-order valence-corrected chi connectivity index (χ2v) is 11.1. The van der Waals surface area contributed by atoms with Gasteiger partial charge in [0.15, 0.2) is 11.6 Å². The lowest BCUT2D eigenvalue weighted by molar-refractivity contribution is -0.138. The fourth-order valence-electron chi connectivity index (χ4n) is 6.50. The average molecular weight is 593 g/mol. The highest BCUT2D eigenvalue weighted by Crippen LogP contribution is 2.51. The molecule has 14 nitrogen and oxygen atoms in total. The number of allylic oxidation sites excluding steroid dienone is 1. The normalized spacial score (nSPS) is 23.3. The van der Waals surface area contributed by atoms with Crippen molar-refractivity contribution in [2.45, 2.75) is 18.9 Å². The van der Waals surface area contributed by atoms with E-state index in [1.807, 2.05) is 0 Å². The molecule has 4 atom stereocenters. The second-order valence-electron chi connectivity index (χ2n) is 11.1. The van der Waals surface area contributed by atoms with Crippen LogP contribution in [0, 0.1) is 17.8 Å². The maximum Gasteiger partial charge on any atom is 0.255 e. The maximum atomic E-state index is 13.9. The minimum atomic E-state index is -1.33. The number of Topliss-reactive ketones (excluding diaryl/α,β-unsaturated/α-hetero) is 2. The van der Waals surface area contributed by atoms with Crippen LogP contribution in [0.1, 0.15) is 17.5 Å². The zero-order valence-corrected chi connectivity index (χ0v) is 24.0. The molecule has 1 heterocycles. The topological polar surface area (TPSA) is 209 Å². The summed E-state index contributed by atoms with van der Waals surface area (Å²) >= 11 is 0. The van der Waals surface area contributed by atoms with E-state index < -0.39 is 58.4 Å². The van der Waals surface area contributed by atoms with Crippen molar-refractivity contribution >= 4 is 35.1 Å². The van der Waals surface area contributed by atoms with Crippen LogP contribution in [0.4, 0.5) is 5.95 Å². The van der Waals surface area contributed by atoms with Crippen molar-refractivity contribution in [1.82, 2.24) is 19.9 Å². The van der Waals surface area contributed by atoms with Crippen LogP contribution in [0.3, 0.4) is 0 Å². The Morgan fingerprint density at radius 3 is 2.37 bits per heavy atom. The number of fused-ring (bicyclic) bond motifs is 3. The SMILES string of the molecule is CON(C)CC(=O)Nc1ncc(-c2ccc(O)c3c2CC2CC4C(C(=O)C(C(N)=O)=C(O)[C@@H]4N(C)C)C(=O)C2=C3O)cn1. The Morgan fingerprint density at radius 1 is 1.09 bits per heavy atom. The molecule has 3 aliphatic rings. The van der Waals surface area contributed by atoms with Crippen LogP contribution in [-0.2, 0) is 30.4 Å². The number of primary amides is 1. The Hall–Kier alpha value is -4.66. The van der Waals surface area contributed by atoms with E-state index in [0.717, 1.165) is 0 Å². The summed E-state index contributed by atoms with van der Waals surface area (Å²) in [6.45, 7) is -0.0410. The highest BCUT2D eigenvalue weighted by atomic mass is 16.7. The monoisotopic (exact) mass is 592 g/mol. The third-order valence-corrected chi connectivity index (χ3v) is 8.34. The van der Waals surface area contributed by atoms with Gasteiger partial charge >= 0.3 is 0 Å². The van der Waals surface area contributed by atoms with Crippen LogP contribution in [0.25, 0.3) is 16.9 Å². The van der Waals surface area contributed by atoms with Crippen LogP contribution in [-0.4, -0.2) is 99.5 Å². The molecule has 3 unspecified atom stereocenters. The summed E-state index contributed by atoms with van der Waals surface area (Å²) < 4.78 is 0. The number of aliphatic hydroxyl groups is 2. The summed E-state index contributed by atoms with van der Waals surface area (Å²) in [6, 6.07) is 2.19. The molecule has 2 amide bonds. The van der Waals surface area contributed by atoms with E-state index in [1.54, 1.807) is 32.1 Å². The number of benzene rings is 1. The summed E-state index contributed by atoms with van der Waals surface area (Å²) in [5.41, 5.74) is 6.51. The number of nitrogens with one attached hydrogen (secondary N) is 1. The molecule has 226 valence electrons. The number of hydroxylamine groups is 2. The number of phenols is 1. The number of nitrogens with zero attached hydrogens (tertiary/aromatic N) is 4. The Morgan fingerprint density at radius 2 is 1.77 bits per heavy atom. The van der Waals surface area contributed by atoms with Gasteiger partial charge in [-0.1, -0.05) is 6.07 Å². The first-order valence-corrected chi connectivity index (χ1v) is 13.5. The van der Waals surface area contributed by atoms with Gasteiger partial charge in [-0.25, -0.2) is 9.97 Å². The number of aromatic hydroxyl groups is 1. The van der Waals surface area contributed by atoms with Crippen LogP contribution < -0.4 is 11.1 Å². The summed E-state index contributed by atoms with van der Waals surface area (Å²) in [4.78, 5) is 66.5. The van der Waals surface area contributed by atoms with Crippen LogP contribution >= 0.6 is 0 Å². The van der Waals surface area contributed by atoms with E-state index in [4.69, 9.17) is 10.6 Å². The molecule has 43 heavy (non-hydrogen) atoms. The smallest absolute Gasteiger partial charge is 0.255 e. The predicted molar refractivity (Wildman–Crippen MR) is 152 cm³/mol. The molecule has 14 heteroatoms. The van der Waals surface area contributed by atoms with Crippen molar-refractivity contribution in [2.75, 3.05) is 40.1 Å². The minimum Gasteiger partial charge on any atom is -0.510 e. The van der Waals surface area contributed by atoms with Crippen LogP contribution in [0.15, 0.2) is 41.4 Å². The van der Waals surface area contributed by atoms with E-state index in [-0.39, 0.29) is 48.1 Å². The molecule has 0 aliphatic heterocycles. The number of carbonyl (C=O) groups excluding carboxylic acids is 4. The molecular weight excluding hydrogens is 560 g/mol. The molecule has 1 fully saturated rings.